The molecule has 0 aliphatic rings. The minimum absolute atomic E-state index is 0.0152. The summed E-state index contributed by atoms with van der Waals surface area (Å²) in [7, 11) is 0. The minimum Gasteiger partial charge on any atom is -0.494 e. The maximum atomic E-state index is 11.6. The lowest BCUT2D eigenvalue weighted by molar-refractivity contribution is -0.136. The third-order valence-electron chi connectivity index (χ3n) is 2.62. The molecule has 1 aromatic carbocycles. The fraction of sp³-hybridized carbons (Fsp3) is 0.429. The van der Waals surface area contributed by atoms with Gasteiger partial charge in [-0.05, 0) is 44.5 Å². The fourth-order valence-corrected chi connectivity index (χ4v) is 1.38. The van der Waals surface area contributed by atoms with Crippen LogP contribution in [-0.4, -0.2) is 24.5 Å². The highest BCUT2D eigenvalue weighted by Crippen LogP contribution is 2.15. The molecule has 0 radical (unpaired) electrons. The maximum absolute atomic E-state index is 11.6. The average molecular weight is 264 g/mol. The second kappa shape index (κ2) is 7.41. The summed E-state index contributed by atoms with van der Waals surface area (Å²) >= 11 is 0. The van der Waals surface area contributed by atoms with E-state index in [1.165, 1.54) is 0 Å². The molecule has 5 heteroatoms. The third kappa shape index (κ3) is 4.99. The standard InChI is InChI=1S/C14H20N2O3/c1-4-10(3)15-13(17)14(18)16-11-6-8-12(9-7-11)19-5-2/h6-10H,4-5H2,1-3H3,(H,15,17)(H,16,18). The summed E-state index contributed by atoms with van der Waals surface area (Å²) in [4.78, 5) is 23.2. The summed E-state index contributed by atoms with van der Waals surface area (Å²) in [6.07, 6.45) is 0.780. The van der Waals surface area contributed by atoms with Gasteiger partial charge in [0.25, 0.3) is 0 Å². The van der Waals surface area contributed by atoms with E-state index in [-0.39, 0.29) is 6.04 Å². The quantitative estimate of drug-likeness (QED) is 0.799. The van der Waals surface area contributed by atoms with Crippen molar-refractivity contribution < 1.29 is 14.3 Å². The average Bonchev–Trinajstić information content (AvgIpc) is 2.41. The van der Waals surface area contributed by atoms with Crippen LogP contribution in [0, 0.1) is 0 Å². The molecule has 19 heavy (non-hydrogen) atoms. The predicted molar refractivity (Wildman–Crippen MR) is 74.1 cm³/mol. The Morgan fingerprint density at radius 2 is 1.79 bits per heavy atom. The maximum Gasteiger partial charge on any atom is 0.313 e. The lowest BCUT2D eigenvalue weighted by Gasteiger charge is -2.11. The fourth-order valence-electron chi connectivity index (χ4n) is 1.38. The van der Waals surface area contributed by atoms with Gasteiger partial charge in [-0.2, -0.15) is 0 Å². The zero-order valence-electron chi connectivity index (χ0n) is 11.5. The van der Waals surface area contributed by atoms with E-state index in [1.54, 1.807) is 24.3 Å². The van der Waals surface area contributed by atoms with Crippen molar-refractivity contribution in [1.29, 1.82) is 0 Å². The highest BCUT2D eigenvalue weighted by Gasteiger charge is 2.15. The van der Waals surface area contributed by atoms with Crippen molar-refractivity contribution in [2.45, 2.75) is 33.2 Å². The lowest BCUT2D eigenvalue weighted by Crippen LogP contribution is -2.40. The largest absolute Gasteiger partial charge is 0.494 e. The number of ether oxygens (including phenoxy) is 1. The van der Waals surface area contributed by atoms with Gasteiger partial charge in [-0.3, -0.25) is 9.59 Å². The summed E-state index contributed by atoms with van der Waals surface area (Å²) in [5, 5.41) is 5.14. The number of benzene rings is 1. The Morgan fingerprint density at radius 1 is 1.16 bits per heavy atom. The summed E-state index contributed by atoms with van der Waals surface area (Å²) in [5.41, 5.74) is 0.563. The Bertz CT molecular complexity index is 429. The van der Waals surface area contributed by atoms with Crippen LogP contribution in [0.1, 0.15) is 27.2 Å². The first-order valence-corrected chi connectivity index (χ1v) is 6.41. The van der Waals surface area contributed by atoms with Gasteiger partial charge in [-0.15, -0.1) is 0 Å². The van der Waals surface area contributed by atoms with Gasteiger partial charge in [0.05, 0.1) is 6.61 Å². The van der Waals surface area contributed by atoms with Crippen LogP contribution in [0.5, 0.6) is 5.75 Å². The molecule has 0 fully saturated rings. The number of hydrogen-bond acceptors (Lipinski definition) is 3. The van der Waals surface area contributed by atoms with Gasteiger partial charge in [-0.1, -0.05) is 6.92 Å². The number of anilines is 1. The molecule has 0 saturated carbocycles. The molecule has 0 aliphatic carbocycles. The highest BCUT2D eigenvalue weighted by atomic mass is 16.5. The summed E-state index contributed by atoms with van der Waals surface area (Å²) in [6, 6.07) is 6.86. The molecular formula is C14H20N2O3. The van der Waals surface area contributed by atoms with Gasteiger partial charge < -0.3 is 15.4 Å². The van der Waals surface area contributed by atoms with Crippen LogP contribution in [-0.2, 0) is 9.59 Å². The van der Waals surface area contributed by atoms with Crippen molar-refractivity contribution in [3.8, 4) is 5.75 Å². The van der Waals surface area contributed by atoms with Crippen molar-refractivity contribution >= 4 is 17.5 Å². The van der Waals surface area contributed by atoms with Crippen LogP contribution in [0.4, 0.5) is 5.69 Å². The van der Waals surface area contributed by atoms with Crippen molar-refractivity contribution in [1.82, 2.24) is 5.32 Å². The Balaban J connectivity index is 2.54. The molecule has 0 spiro atoms. The van der Waals surface area contributed by atoms with Crippen LogP contribution >= 0.6 is 0 Å². The summed E-state index contributed by atoms with van der Waals surface area (Å²) < 4.78 is 5.29. The molecule has 104 valence electrons. The van der Waals surface area contributed by atoms with Gasteiger partial charge in [0.2, 0.25) is 0 Å². The first-order chi connectivity index (χ1) is 9.06. The van der Waals surface area contributed by atoms with Crippen molar-refractivity contribution in [3.63, 3.8) is 0 Å². The number of carbonyl (C=O) groups excluding carboxylic acids is 2. The van der Waals surface area contributed by atoms with Crippen LogP contribution < -0.4 is 15.4 Å². The molecule has 0 bridgehead atoms. The molecule has 2 amide bonds. The van der Waals surface area contributed by atoms with Gasteiger partial charge in [0, 0.05) is 11.7 Å². The molecule has 1 atom stereocenters. The van der Waals surface area contributed by atoms with Crippen LogP contribution in [0.3, 0.4) is 0 Å². The number of hydrogen-bond donors (Lipinski definition) is 2. The second-order valence-electron chi connectivity index (χ2n) is 4.19. The molecular weight excluding hydrogens is 244 g/mol. The molecule has 0 heterocycles. The number of nitrogens with one attached hydrogen (secondary N) is 2. The van der Waals surface area contributed by atoms with E-state index in [0.717, 1.165) is 12.2 Å². The van der Waals surface area contributed by atoms with Crippen molar-refractivity contribution in [3.05, 3.63) is 24.3 Å². The van der Waals surface area contributed by atoms with E-state index in [0.29, 0.717) is 12.3 Å². The van der Waals surface area contributed by atoms with Crippen LogP contribution in [0.25, 0.3) is 0 Å². The summed E-state index contributed by atoms with van der Waals surface area (Å²) in [5.74, 6) is -0.558. The lowest BCUT2D eigenvalue weighted by atomic mass is 10.2. The minimum atomic E-state index is -0.663. The van der Waals surface area contributed by atoms with Gasteiger partial charge in [0.1, 0.15) is 5.75 Å². The molecule has 0 aromatic heterocycles. The monoisotopic (exact) mass is 264 g/mol. The van der Waals surface area contributed by atoms with E-state index < -0.39 is 11.8 Å². The predicted octanol–water partition coefficient (Wildman–Crippen LogP) is 1.94. The molecule has 0 aliphatic heterocycles. The highest BCUT2D eigenvalue weighted by molar-refractivity contribution is 6.39. The Hall–Kier alpha value is -2.04. The summed E-state index contributed by atoms with van der Waals surface area (Å²) in [6.45, 7) is 6.27. The second-order valence-corrected chi connectivity index (χ2v) is 4.19. The van der Waals surface area contributed by atoms with Gasteiger partial charge in [-0.25, -0.2) is 0 Å². The van der Waals surface area contributed by atoms with E-state index >= 15 is 0 Å². The number of rotatable bonds is 5. The smallest absolute Gasteiger partial charge is 0.313 e. The first-order valence-electron chi connectivity index (χ1n) is 6.41. The SMILES string of the molecule is CCOc1ccc(NC(=O)C(=O)NC(C)CC)cc1. The Labute approximate surface area is 113 Å². The van der Waals surface area contributed by atoms with Crippen LogP contribution in [0.2, 0.25) is 0 Å². The number of amides is 2. The topological polar surface area (TPSA) is 67.4 Å². The van der Waals surface area contributed by atoms with Gasteiger partial charge >= 0.3 is 11.8 Å². The van der Waals surface area contributed by atoms with Gasteiger partial charge in [0.15, 0.2) is 0 Å². The molecule has 1 rings (SSSR count). The normalized spacial score (nSPS) is 11.5. The Kier molecular flexibility index (Phi) is 5.85. The van der Waals surface area contributed by atoms with Crippen LogP contribution in [0.15, 0.2) is 24.3 Å². The molecule has 1 unspecified atom stereocenters. The number of carbonyl (C=O) groups is 2. The Morgan fingerprint density at radius 3 is 2.32 bits per heavy atom. The zero-order chi connectivity index (χ0) is 14.3. The third-order valence-corrected chi connectivity index (χ3v) is 2.62. The van der Waals surface area contributed by atoms with E-state index in [9.17, 15) is 9.59 Å². The van der Waals surface area contributed by atoms with E-state index in [2.05, 4.69) is 10.6 Å². The first kappa shape index (κ1) is 15.0. The van der Waals surface area contributed by atoms with Crippen molar-refractivity contribution in [2.24, 2.45) is 0 Å². The zero-order valence-corrected chi connectivity index (χ0v) is 11.5. The molecule has 2 N–H and O–H groups in total. The molecule has 0 saturated heterocycles. The molecule has 1 aromatic rings. The van der Waals surface area contributed by atoms with E-state index in [4.69, 9.17) is 4.74 Å². The van der Waals surface area contributed by atoms with Crippen molar-refractivity contribution in [2.75, 3.05) is 11.9 Å². The molecule has 5 nitrogen and oxygen atoms in total. The van der Waals surface area contributed by atoms with E-state index in [1.807, 2.05) is 20.8 Å².